The number of hydrogen-bond acceptors (Lipinski definition) is 0. The normalized spacial score (nSPS) is 18.2. The van der Waals surface area contributed by atoms with Crippen molar-refractivity contribution in [2.45, 2.75) is 340 Å². The summed E-state index contributed by atoms with van der Waals surface area (Å²) in [6.45, 7) is 25.6. The maximum absolute atomic E-state index is 2.63. The minimum atomic E-state index is 0.110. The summed E-state index contributed by atoms with van der Waals surface area (Å²) >= 11 is 0. The fourth-order valence-electron chi connectivity index (χ4n) is 24.3. The molecule has 8 saturated carbocycles. The third-order valence-corrected chi connectivity index (χ3v) is 31.7. The molecule has 8 aliphatic carbocycles. The van der Waals surface area contributed by atoms with Crippen LogP contribution in [0, 0.1) is 34.6 Å². The van der Waals surface area contributed by atoms with Gasteiger partial charge >= 0.3 is 0 Å². The fourth-order valence-corrected chi connectivity index (χ4v) is 24.3. The molecule has 630 valence electrons. The highest BCUT2D eigenvalue weighted by Crippen LogP contribution is 2.49. The highest BCUT2D eigenvalue weighted by atomic mass is 14.9. The van der Waals surface area contributed by atoms with Crippen LogP contribution in [0.15, 0.2) is 176 Å². The molecule has 0 amide bonds. The Kier molecular flexibility index (Phi) is 25.4. The van der Waals surface area contributed by atoms with Crippen molar-refractivity contribution < 1.29 is 18.3 Å². The molecule has 4 heterocycles. The van der Waals surface area contributed by atoms with Crippen LogP contribution in [0.1, 0.15) is 378 Å². The molecule has 0 radical (unpaired) electrons. The molecule has 20 rings (SSSR count). The van der Waals surface area contributed by atoms with Crippen molar-refractivity contribution in [2.75, 3.05) is 0 Å². The first kappa shape index (κ1) is 84.6. The number of aryl methyl sites for hydroxylation is 6. The molecule has 0 unspecified atom stereocenters. The maximum Gasteiger partial charge on any atom is 0.220 e. The van der Waals surface area contributed by atoms with Gasteiger partial charge in [-0.2, -0.15) is 0 Å². The number of hydrogen-bond donors (Lipinski definition) is 0. The Labute approximate surface area is 729 Å². The van der Waals surface area contributed by atoms with Crippen LogP contribution in [0.3, 0.4) is 0 Å². The lowest BCUT2D eigenvalue weighted by molar-refractivity contribution is -0.659. The monoisotopic (exact) mass is 1610 g/mol. The van der Waals surface area contributed by atoms with Crippen LogP contribution >= 0.6 is 0 Å². The summed E-state index contributed by atoms with van der Waals surface area (Å²) in [5.41, 5.74) is 34.0. The van der Waals surface area contributed by atoms with Crippen LogP contribution in [0.5, 0.6) is 0 Å². The third kappa shape index (κ3) is 18.0. The number of nitrogens with zero attached hydrogens (tertiary/aromatic N) is 4. The van der Waals surface area contributed by atoms with Crippen molar-refractivity contribution in [3.05, 3.63) is 260 Å². The maximum atomic E-state index is 2.63. The molecule has 121 heavy (non-hydrogen) atoms. The van der Waals surface area contributed by atoms with Crippen molar-refractivity contribution in [3.63, 3.8) is 0 Å². The van der Waals surface area contributed by atoms with E-state index >= 15 is 0 Å². The molecule has 0 atom stereocenters. The van der Waals surface area contributed by atoms with Crippen LogP contribution in [0.2, 0.25) is 0 Å². The molecule has 4 nitrogen and oxygen atoms in total. The van der Waals surface area contributed by atoms with Gasteiger partial charge in [-0.25, -0.2) is 18.3 Å². The largest absolute Gasteiger partial charge is 0.220 e. The van der Waals surface area contributed by atoms with Gasteiger partial charge in [-0.3, -0.25) is 0 Å². The molecule has 0 bridgehead atoms. The van der Waals surface area contributed by atoms with E-state index in [1.165, 1.54) is 344 Å². The predicted octanol–water partition coefficient (Wildman–Crippen LogP) is 30.7. The van der Waals surface area contributed by atoms with Gasteiger partial charge in [-0.1, -0.05) is 223 Å². The van der Waals surface area contributed by atoms with Gasteiger partial charge in [-0.05, 0) is 349 Å². The van der Waals surface area contributed by atoms with E-state index in [0.717, 1.165) is 47.3 Å². The van der Waals surface area contributed by atoms with Gasteiger partial charge in [0.1, 0.15) is 28.2 Å². The van der Waals surface area contributed by atoms with Gasteiger partial charge in [0.15, 0.2) is 24.8 Å². The van der Waals surface area contributed by atoms with Crippen LogP contribution in [0.4, 0.5) is 0 Å². The number of pyridine rings is 4. The second kappa shape index (κ2) is 36.3. The summed E-state index contributed by atoms with van der Waals surface area (Å²) in [6.07, 6.45) is 53.1. The predicted molar refractivity (Wildman–Crippen MR) is 513 cm³/mol. The zero-order chi connectivity index (χ0) is 84.0. The van der Waals surface area contributed by atoms with E-state index in [9.17, 15) is 0 Å². The van der Waals surface area contributed by atoms with Crippen molar-refractivity contribution in [3.8, 4) is 45.0 Å². The molecule has 4 heteroatoms. The standard InChI is InChI=1S/C32H40N.C30H40N.C28H34N.C27H32N/c1-22-30(25-13-7-8-14-25)20-28(24-11-5-6-12-24)21-31(22)32-29-16-15-26(23-9-3-4-10-23)19-27(29)17-18-33(32)2;1-20-26(18-24(29(2,3)4)19-27(20)30(5,6)7)28-25-14-13-22(21-11-9-10-12-21)17-23(25)15-16-31(28)8;1-19-16-25(22-10-6-7-11-22)18-27(20(19)2)28-26-13-12-23(21-8-4-5-9-21)17-24(26)14-15-29(28)3;1-19-11-12-23(21-9-5-6-10-21)18-26(19)27-25-14-13-22(20-7-3-4-8-20)17-24(25)15-16-28(27)2/h15-21,23-25H,3-14H2,1-2H3;13-19,21H,9-12H2,1-8H3;12-18,21-22H,4-11H2,1-3H3;11-18,20-21H,3-10H2,1-2H3/q4*+1. The topological polar surface area (TPSA) is 15.5 Å². The molecule has 0 saturated heterocycles. The Morgan fingerprint density at radius 3 is 0.835 bits per heavy atom. The zero-order valence-corrected chi connectivity index (χ0v) is 77.3. The van der Waals surface area contributed by atoms with E-state index in [-0.39, 0.29) is 10.8 Å². The van der Waals surface area contributed by atoms with Gasteiger partial charge < -0.3 is 0 Å². The zero-order valence-electron chi connectivity index (χ0n) is 77.3. The minimum Gasteiger partial charge on any atom is -0.200 e. The molecule has 8 aliphatic rings. The molecule has 4 aromatic heterocycles. The van der Waals surface area contributed by atoms with E-state index in [0.29, 0.717) is 0 Å². The first-order valence-corrected chi connectivity index (χ1v) is 48.7. The summed E-state index contributed by atoms with van der Waals surface area (Å²) in [7, 11) is 8.84. The first-order valence-electron chi connectivity index (χ1n) is 48.7. The van der Waals surface area contributed by atoms with Gasteiger partial charge in [-0.15, -0.1) is 0 Å². The molecule has 12 aromatic rings. The van der Waals surface area contributed by atoms with Crippen molar-refractivity contribution in [2.24, 2.45) is 28.2 Å². The SMILES string of the molecule is Cc1c(-c2c3ccc(C4CCCC4)cc3cc[n+]2C)cc(C(C)(C)C)cc1C(C)(C)C.Cc1c(-c2c3ccc(C4CCCC4)cc3cc[n+]2C)cc(C2CCCC2)cc1C1CCCC1.Cc1cc(C2CCCC2)cc(-c2c3ccc(C4CCCC4)cc3cc[n+]2C)c1C.Cc1ccc(C2CCCC2)cc1-c1c2ccc(C3CCCC3)cc2cc[n+]1C. The highest BCUT2D eigenvalue weighted by Gasteiger charge is 2.34. The van der Waals surface area contributed by atoms with E-state index in [1.54, 1.807) is 33.4 Å². The Hall–Kier alpha value is -8.60. The van der Waals surface area contributed by atoms with Gasteiger partial charge in [0.25, 0.3) is 0 Å². The first-order chi connectivity index (χ1) is 58.5. The summed E-state index contributed by atoms with van der Waals surface area (Å²) in [5, 5.41) is 11.1. The Bertz CT molecular complexity index is 5740. The Morgan fingerprint density at radius 2 is 0.504 bits per heavy atom. The van der Waals surface area contributed by atoms with Crippen LogP contribution in [0.25, 0.3) is 88.1 Å². The van der Waals surface area contributed by atoms with Gasteiger partial charge in [0.05, 0.1) is 38.2 Å². The minimum absolute atomic E-state index is 0.110. The molecular weight excluding hydrogens is 1460 g/mol. The molecule has 8 aromatic carbocycles. The van der Waals surface area contributed by atoms with Gasteiger partial charge in [0.2, 0.25) is 22.8 Å². The average Bonchev–Trinajstić information content (AvgIpc) is 1.44. The van der Waals surface area contributed by atoms with Gasteiger partial charge in [0, 0.05) is 29.8 Å². The Balaban J connectivity index is 0.000000115. The second-order valence-corrected chi connectivity index (χ2v) is 41.9. The molecule has 0 N–H and O–H groups in total. The smallest absolute Gasteiger partial charge is 0.200 e. The highest BCUT2D eigenvalue weighted by molar-refractivity contribution is 5.98. The Morgan fingerprint density at radius 1 is 0.231 bits per heavy atom. The molecule has 0 aliphatic heterocycles. The van der Waals surface area contributed by atoms with Crippen LogP contribution in [-0.2, 0) is 39.0 Å². The number of benzene rings is 8. The lowest BCUT2D eigenvalue weighted by atomic mass is 9.76. The number of rotatable bonds is 12. The summed E-state index contributed by atoms with van der Waals surface area (Å²) < 4.78 is 9.35. The van der Waals surface area contributed by atoms with E-state index in [2.05, 4.69) is 299 Å². The summed E-state index contributed by atoms with van der Waals surface area (Å²) in [6, 6.07) is 60.7. The third-order valence-electron chi connectivity index (χ3n) is 31.7. The van der Waals surface area contributed by atoms with Crippen molar-refractivity contribution in [1.29, 1.82) is 0 Å². The number of fused-ring (bicyclic) bond motifs is 4. The summed E-state index contributed by atoms with van der Waals surface area (Å²) in [4.78, 5) is 0. The molecule has 8 fully saturated rings. The van der Waals surface area contributed by atoms with Crippen LogP contribution in [-0.4, -0.2) is 0 Å². The fraction of sp³-hybridized carbons (Fsp3) is 0.487. The van der Waals surface area contributed by atoms with Crippen molar-refractivity contribution in [1.82, 2.24) is 0 Å². The molecule has 0 spiro atoms. The quantitative estimate of drug-likeness (QED) is 0.108. The van der Waals surface area contributed by atoms with E-state index < -0.39 is 0 Å². The molecular formula is C117H146N4+4. The lowest BCUT2D eigenvalue weighted by Gasteiger charge is -2.28. The van der Waals surface area contributed by atoms with Crippen LogP contribution < -0.4 is 18.3 Å². The summed E-state index contributed by atoms with van der Waals surface area (Å²) in [5.74, 6) is 6.10. The average molecular weight is 1610 g/mol. The number of aromatic nitrogens is 4. The van der Waals surface area contributed by atoms with Crippen molar-refractivity contribution >= 4 is 43.1 Å². The van der Waals surface area contributed by atoms with E-state index in [1.807, 2.05) is 0 Å². The lowest BCUT2D eigenvalue weighted by Crippen LogP contribution is -2.31. The second-order valence-electron chi connectivity index (χ2n) is 41.9. The van der Waals surface area contributed by atoms with E-state index in [4.69, 9.17) is 0 Å².